The Morgan fingerprint density at radius 1 is 1.43 bits per heavy atom. The molecule has 0 unspecified atom stereocenters. The number of esters is 1. The van der Waals surface area contributed by atoms with Crippen LogP contribution in [0, 0.1) is 5.92 Å². The van der Waals surface area contributed by atoms with Gasteiger partial charge >= 0.3 is 5.97 Å². The number of amides is 1. The molecule has 6 heteroatoms. The summed E-state index contributed by atoms with van der Waals surface area (Å²) in [5, 5.41) is 6.71. The quantitative estimate of drug-likeness (QED) is 0.840. The maximum absolute atomic E-state index is 12.0. The molecule has 1 aliphatic rings. The molecule has 0 saturated carbocycles. The number of aromatic nitrogens is 2. The number of likely N-dealkylation sites (tertiary alicyclic amines) is 1. The largest absolute Gasteiger partial charge is 0.451 e. The van der Waals surface area contributed by atoms with E-state index in [4.69, 9.17) is 4.74 Å². The third-order valence-corrected chi connectivity index (χ3v) is 3.82. The lowest BCUT2D eigenvalue weighted by Gasteiger charge is -2.30. The van der Waals surface area contributed by atoms with Crippen LogP contribution in [0.25, 0.3) is 0 Å². The molecule has 0 aromatic carbocycles. The minimum absolute atomic E-state index is 0.125. The van der Waals surface area contributed by atoms with E-state index in [1.165, 1.54) is 0 Å². The summed E-state index contributed by atoms with van der Waals surface area (Å²) in [6.07, 6.45) is 3.84. The molecule has 0 aliphatic carbocycles. The number of nitrogens with zero attached hydrogens (tertiary/aromatic N) is 2. The lowest BCUT2D eigenvalue weighted by molar-refractivity contribution is -0.135. The van der Waals surface area contributed by atoms with Crippen molar-refractivity contribution in [3.63, 3.8) is 0 Å². The number of piperidine rings is 1. The first-order valence-corrected chi connectivity index (χ1v) is 7.59. The molecule has 6 nitrogen and oxygen atoms in total. The van der Waals surface area contributed by atoms with Crippen LogP contribution in [0.5, 0.6) is 0 Å². The highest BCUT2D eigenvalue weighted by atomic mass is 16.5. The number of aryl methyl sites for hydroxylation is 1. The van der Waals surface area contributed by atoms with Gasteiger partial charge in [-0.2, -0.15) is 5.10 Å². The van der Waals surface area contributed by atoms with Crippen LogP contribution < -0.4 is 0 Å². The Kier molecular flexibility index (Phi) is 5.36. The van der Waals surface area contributed by atoms with Crippen LogP contribution in [0.15, 0.2) is 6.07 Å². The average Bonchev–Trinajstić information content (AvgIpc) is 2.94. The molecular weight excluding hydrogens is 270 g/mol. The third-order valence-electron chi connectivity index (χ3n) is 3.82. The summed E-state index contributed by atoms with van der Waals surface area (Å²) in [5.41, 5.74) is 1.14. The second-order valence-corrected chi connectivity index (χ2v) is 5.67. The first-order chi connectivity index (χ1) is 10.1. The third kappa shape index (κ3) is 4.31. The van der Waals surface area contributed by atoms with E-state index < -0.39 is 5.97 Å². The lowest BCUT2D eigenvalue weighted by Crippen LogP contribution is -2.40. The summed E-state index contributed by atoms with van der Waals surface area (Å²) in [7, 11) is 0. The van der Waals surface area contributed by atoms with Crippen molar-refractivity contribution in [1.82, 2.24) is 15.1 Å². The SMILES string of the molecule is CCCc1cc(C(=O)OCC(=O)N2CCC(C)CC2)n[nH]1. The second-order valence-electron chi connectivity index (χ2n) is 5.67. The van der Waals surface area contributed by atoms with Crippen LogP contribution in [-0.2, 0) is 16.0 Å². The van der Waals surface area contributed by atoms with E-state index in [9.17, 15) is 9.59 Å². The topological polar surface area (TPSA) is 75.3 Å². The normalized spacial score (nSPS) is 16.0. The maximum Gasteiger partial charge on any atom is 0.359 e. The lowest BCUT2D eigenvalue weighted by atomic mass is 9.99. The summed E-state index contributed by atoms with van der Waals surface area (Å²) < 4.78 is 5.05. The molecule has 1 N–H and O–H groups in total. The zero-order valence-electron chi connectivity index (χ0n) is 12.7. The summed E-state index contributed by atoms with van der Waals surface area (Å²) >= 11 is 0. The predicted octanol–water partition coefficient (Wildman–Crippen LogP) is 1.78. The van der Waals surface area contributed by atoms with Gasteiger partial charge in [0, 0.05) is 18.8 Å². The van der Waals surface area contributed by atoms with Crippen molar-refractivity contribution in [3.05, 3.63) is 17.5 Å². The molecule has 0 spiro atoms. The Morgan fingerprint density at radius 2 is 2.14 bits per heavy atom. The minimum Gasteiger partial charge on any atom is -0.451 e. The zero-order chi connectivity index (χ0) is 15.2. The summed E-state index contributed by atoms with van der Waals surface area (Å²) in [6.45, 7) is 5.54. The Hall–Kier alpha value is -1.85. The van der Waals surface area contributed by atoms with Crippen molar-refractivity contribution >= 4 is 11.9 Å². The highest BCUT2D eigenvalue weighted by Crippen LogP contribution is 2.16. The number of hydrogen-bond acceptors (Lipinski definition) is 4. The van der Waals surface area contributed by atoms with Gasteiger partial charge < -0.3 is 9.64 Å². The molecular formula is C15H23N3O3. The number of H-pyrrole nitrogens is 1. The summed E-state index contributed by atoms with van der Waals surface area (Å²) in [6, 6.07) is 1.68. The molecule has 1 saturated heterocycles. The fraction of sp³-hybridized carbons (Fsp3) is 0.667. The molecule has 116 valence electrons. The van der Waals surface area contributed by atoms with Gasteiger partial charge in [-0.3, -0.25) is 9.89 Å². The molecule has 1 aromatic heterocycles. The maximum atomic E-state index is 12.0. The fourth-order valence-corrected chi connectivity index (χ4v) is 2.41. The van der Waals surface area contributed by atoms with Gasteiger partial charge in [-0.25, -0.2) is 4.79 Å². The monoisotopic (exact) mass is 293 g/mol. The predicted molar refractivity (Wildman–Crippen MR) is 77.8 cm³/mol. The van der Waals surface area contributed by atoms with E-state index >= 15 is 0 Å². The van der Waals surface area contributed by atoms with Crippen molar-refractivity contribution in [2.45, 2.75) is 39.5 Å². The van der Waals surface area contributed by atoms with Crippen molar-refractivity contribution in [2.75, 3.05) is 19.7 Å². The van der Waals surface area contributed by atoms with E-state index in [0.29, 0.717) is 5.92 Å². The fourth-order valence-electron chi connectivity index (χ4n) is 2.41. The van der Waals surface area contributed by atoms with Crippen LogP contribution in [0.2, 0.25) is 0 Å². The molecule has 0 atom stereocenters. The van der Waals surface area contributed by atoms with Gasteiger partial charge in [0.2, 0.25) is 0 Å². The van der Waals surface area contributed by atoms with E-state index in [1.807, 2.05) is 0 Å². The van der Waals surface area contributed by atoms with E-state index in [1.54, 1.807) is 11.0 Å². The number of rotatable bonds is 5. The van der Waals surface area contributed by atoms with E-state index in [0.717, 1.165) is 44.5 Å². The minimum atomic E-state index is -0.549. The van der Waals surface area contributed by atoms with Gasteiger partial charge in [-0.05, 0) is 31.2 Å². The van der Waals surface area contributed by atoms with Gasteiger partial charge in [-0.15, -0.1) is 0 Å². The number of carbonyl (C=O) groups excluding carboxylic acids is 2. The van der Waals surface area contributed by atoms with Crippen molar-refractivity contribution in [3.8, 4) is 0 Å². The average molecular weight is 293 g/mol. The first-order valence-electron chi connectivity index (χ1n) is 7.59. The smallest absolute Gasteiger partial charge is 0.359 e. The number of carbonyl (C=O) groups is 2. The number of aromatic amines is 1. The van der Waals surface area contributed by atoms with Gasteiger partial charge in [-0.1, -0.05) is 20.3 Å². The van der Waals surface area contributed by atoms with E-state index in [2.05, 4.69) is 24.0 Å². The molecule has 2 heterocycles. The summed E-state index contributed by atoms with van der Waals surface area (Å²) in [4.78, 5) is 25.6. The Labute approximate surface area is 124 Å². The Balaban J connectivity index is 1.78. The van der Waals surface area contributed by atoms with Crippen LogP contribution in [0.3, 0.4) is 0 Å². The molecule has 1 aromatic rings. The zero-order valence-corrected chi connectivity index (χ0v) is 12.7. The molecule has 1 aliphatic heterocycles. The van der Waals surface area contributed by atoms with Gasteiger partial charge in [0.05, 0.1) is 0 Å². The van der Waals surface area contributed by atoms with Crippen LogP contribution in [0.1, 0.15) is 49.3 Å². The highest BCUT2D eigenvalue weighted by molar-refractivity contribution is 5.89. The molecule has 21 heavy (non-hydrogen) atoms. The molecule has 2 rings (SSSR count). The number of ether oxygens (including phenoxy) is 1. The molecule has 0 radical (unpaired) electrons. The Morgan fingerprint density at radius 3 is 2.81 bits per heavy atom. The molecule has 1 fully saturated rings. The van der Waals surface area contributed by atoms with E-state index in [-0.39, 0.29) is 18.2 Å². The van der Waals surface area contributed by atoms with Crippen LogP contribution >= 0.6 is 0 Å². The van der Waals surface area contributed by atoms with Crippen molar-refractivity contribution in [2.24, 2.45) is 5.92 Å². The van der Waals surface area contributed by atoms with Crippen molar-refractivity contribution in [1.29, 1.82) is 0 Å². The van der Waals surface area contributed by atoms with Gasteiger partial charge in [0.15, 0.2) is 12.3 Å². The standard InChI is InChI=1S/C15H23N3O3/c1-3-4-12-9-13(17-16-12)15(20)21-10-14(19)18-7-5-11(2)6-8-18/h9,11H,3-8,10H2,1-2H3,(H,16,17). The van der Waals surface area contributed by atoms with Crippen LogP contribution in [-0.4, -0.2) is 46.7 Å². The van der Waals surface area contributed by atoms with Crippen LogP contribution in [0.4, 0.5) is 0 Å². The number of hydrogen-bond donors (Lipinski definition) is 1. The first kappa shape index (κ1) is 15.5. The van der Waals surface area contributed by atoms with Crippen molar-refractivity contribution < 1.29 is 14.3 Å². The highest BCUT2D eigenvalue weighted by Gasteiger charge is 2.22. The molecule has 1 amide bonds. The Bertz CT molecular complexity index is 490. The second kappa shape index (κ2) is 7.24. The molecule has 0 bridgehead atoms. The number of nitrogens with one attached hydrogen (secondary N) is 1. The summed E-state index contributed by atoms with van der Waals surface area (Å²) in [5.74, 6) is -0.00968. The van der Waals surface area contributed by atoms with Gasteiger partial charge in [0.25, 0.3) is 5.91 Å². The van der Waals surface area contributed by atoms with Gasteiger partial charge in [0.1, 0.15) is 0 Å².